The lowest BCUT2D eigenvalue weighted by molar-refractivity contribution is 0.212. The van der Waals surface area contributed by atoms with Crippen LogP contribution in [0.15, 0.2) is 65.2 Å². The lowest BCUT2D eigenvalue weighted by Crippen LogP contribution is -2.34. The maximum atomic E-state index is 12.4. The number of amides is 2. The fourth-order valence-electron chi connectivity index (χ4n) is 2.59. The molecule has 0 spiro atoms. The number of benzene rings is 2. The highest BCUT2D eigenvalue weighted by atomic mass is 16.5. The first-order valence-electron chi connectivity index (χ1n) is 8.89. The van der Waals surface area contributed by atoms with E-state index in [0.29, 0.717) is 31.3 Å². The third-order valence-electron chi connectivity index (χ3n) is 4.08. The fourth-order valence-corrected chi connectivity index (χ4v) is 2.59. The summed E-state index contributed by atoms with van der Waals surface area (Å²) >= 11 is 0. The second-order valence-electron chi connectivity index (χ2n) is 6.19. The van der Waals surface area contributed by atoms with Crippen LogP contribution in [0.1, 0.15) is 23.8 Å². The molecule has 1 N–H and O–H groups in total. The molecule has 3 rings (SSSR count). The number of nitrogens with one attached hydrogen (secondary N) is 1. The van der Waals surface area contributed by atoms with Crippen LogP contribution in [0.2, 0.25) is 0 Å². The Balaban J connectivity index is 1.54. The maximum Gasteiger partial charge on any atom is 0.323 e. The quantitative estimate of drug-likeness (QED) is 0.663. The van der Waals surface area contributed by atoms with Gasteiger partial charge >= 0.3 is 6.03 Å². The van der Waals surface area contributed by atoms with Crippen LogP contribution in [0.5, 0.6) is 5.75 Å². The molecule has 0 saturated heterocycles. The molecular weight excluding hydrogens is 342 g/mol. The summed E-state index contributed by atoms with van der Waals surface area (Å²) in [6.07, 6.45) is 0. The van der Waals surface area contributed by atoms with Crippen LogP contribution < -0.4 is 10.1 Å². The molecule has 0 aliphatic heterocycles. The lowest BCUT2D eigenvalue weighted by Gasteiger charge is -2.20. The van der Waals surface area contributed by atoms with Crippen molar-refractivity contribution >= 4 is 11.8 Å². The molecule has 0 aliphatic carbocycles. The molecule has 27 heavy (non-hydrogen) atoms. The molecule has 1 heterocycles. The summed E-state index contributed by atoms with van der Waals surface area (Å²) < 4.78 is 10.8. The number of anilines is 1. The van der Waals surface area contributed by atoms with Crippen molar-refractivity contribution in [1.29, 1.82) is 0 Å². The van der Waals surface area contributed by atoms with Gasteiger partial charge in [-0.15, -0.1) is 0 Å². The normalized spacial score (nSPS) is 10.4. The topological polar surface area (TPSA) is 67.6 Å². The van der Waals surface area contributed by atoms with E-state index in [4.69, 9.17) is 9.26 Å². The minimum absolute atomic E-state index is 0.213. The van der Waals surface area contributed by atoms with E-state index in [0.717, 1.165) is 16.9 Å². The van der Waals surface area contributed by atoms with E-state index >= 15 is 0 Å². The summed E-state index contributed by atoms with van der Waals surface area (Å²) in [5.41, 5.74) is 2.15. The van der Waals surface area contributed by atoms with Crippen molar-refractivity contribution in [3.05, 3.63) is 77.6 Å². The van der Waals surface area contributed by atoms with Crippen molar-refractivity contribution in [3.63, 3.8) is 0 Å². The molecule has 0 bridgehead atoms. The van der Waals surface area contributed by atoms with Gasteiger partial charge in [-0.3, -0.25) is 5.32 Å². The predicted molar refractivity (Wildman–Crippen MR) is 104 cm³/mol. The molecule has 140 valence electrons. The van der Waals surface area contributed by atoms with E-state index in [1.54, 1.807) is 17.9 Å². The van der Waals surface area contributed by atoms with Crippen molar-refractivity contribution < 1.29 is 14.1 Å². The molecule has 0 fully saturated rings. The highest BCUT2D eigenvalue weighted by molar-refractivity contribution is 5.88. The van der Waals surface area contributed by atoms with E-state index in [1.807, 2.05) is 61.5 Å². The number of urea groups is 1. The average Bonchev–Trinajstić information content (AvgIpc) is 3.10. The summed E-state index contributed by atoms with van der Waals surface area (Å²) in [6, 6.07) is 19.3. The van der Waals surface area contributed by atoms with Gasteiger partial charge in [-0.2, -0.15) is 0 Å². The minimum Gasteiger partial charge on any atom is -0.489 e. The zero-order chi connectivity index (χ0) is 19.1. The van der Waals surface area contributed by atoms with Crippen LogP contribution >= 0.6 is 0 Å². The molecule has 1 aromatic heterocycles. The number of aromatic nitrogens is 1. The van der Waals surface area contributed by atoms with Gasteiger partial charge in [-0.1, -0.05) is 47.6 Å². The molecular formula is C21H23N3O3. The van der Waals surface area contributed by atoms with Gasteiger partial charge in [0.15, 0.2) is 5.82 Å². The Morgan fingerprint density at radius 2 is 1.85 bits per heavy atom. The molecule has 0 aliphatic rings. The van der Waals surface area contributed by atoms with E-state index in [-0.39, 0.29) is 6.03 Å². The number of carbonyl (C=O) groups excluding carboxylic acids is 1. The van der Waals surface area contributed by atoms with Crippen LogP contribution in [0.4, 0.5) is 10.6 Å². The van der Waals surface area contributed by atoms with Gasteiger partial charge in [0, 0.05) is 19.2 Å². The Labute approximate surface area is 158 Å². The highest BCUT2D eigenvalue weighted by Gasteiger charge is 2.14. The van der Waals surface area contributed by atoms with Crippen molar-refractivity contribution in [2.24, 2.45) is 0 Å². The number of aryl methyl sites for hydroxylation is 1. The van der Waals surface area contributed by atoms with Gasteiger partial charge in [0.25, 0.3) is 0 Å². The second-order valence-corrected chi connectivity index (χ2v) is 6.19. The van der Waals surface area contributed by atoms with Gasteiger partial charge in [0.05, 0.1) is 0 Å². The van der Waals surface area contributed by atoms with Gasteiger partial charge < -0.3 is 14.2 Å². The number of hydrogen-bond acceptors (Lipinski definition) is 4. The number of carbonyl (C=O) groups is 1. The molecule has 6 nitrogen and oxygen atoms in total. The summed E-state index contributed by atoms with van der Waals surface area (Å²) in [7, 11) is 0. The first-order chi connectivity index (χ1) is 13.1. The smallest absolute Gasteiger partial charge is 0.323 e. The second kappa shape index (κ2) is 8.89. The van der Waals surface area contributed by atoms with Crippen LogP contribution in [0.25, 0.3) is 0 Å². The standard InChI is InChI=1S/C21H23N3O3/c1-3-24(21(25)22-20-13-16(2)27-23-20)14-17-9-11-19(12-10-17)26-15-18-7-5-4-6-8-18/h4-13H,3,14-15H2,1-2H3,(H,22,23,25). The maximum absolute atomic E-state index is 12.4. The van der Waals surface area contributed by atoms with Gasteiger partial charge in [-0.05, 0) is 37.1 Å². The Morgan fingerprint density at radius 1 is 1.11 bits per heavy atom. The zero-order valence-electron chi connectivity index (χ0n) is 15.5. The largest absolute Gasteiger partial charge is 0.489 e. The third kappa shape index (κ3) is 5.34. The molecule has 0 atom stereocenters. The van der Waals surface area contributed by atoms with Crippen LogP contribution in [-0.4, -0.2) is 22.6 Å². The Bertz CT molecular complexity index is 860. The summed E-state index contributed by atoms with van der Waals surface area (Å²) in [4.78, 5) is 14.1. The average molecular weight is 365 g/mol. The van der Waals surface area contributed by atoms with Crippen LogP contribution in [0.3, 0.4) is 0 Å². The zero-order valence-corrected chi connectivity index (χ0v) is 15.5. The lowest BCUT2D eigenvalue weighted by atomic mass is 10.2. The molecule has 0 radical (unpaired) electrons. The highest BCUT2D eigenvalue weighted by Crippen LogP contribution is 2.16. The molecule has 2 aromatic carbocycles. The SMILES string of the molecule is CCN(Cc1ccc(OCc2ccccc2)cc1)C(=O)Nc1cc(C)on1. The fraction of sp³-hybridized carbons (Fsp3) is 0.238. The number of nitrogens with zero attached hydrogens (tertiary/aromatic N) is 2. The summed E-state index contributed by atoms with van der Waals surface area (Å²) in [5.74, 6) is 1.87. The first-order valence-corrected chi connectivity index (χ1v) is 8.89. The monoisotopic (exact) mass is 365 g/mol. The van der Waals surface area contributed by atoms with Gasteiger partial charge in [0.1, 0.15) is 18.1 Å². The van der Waals surface area contributed by atoms with E-state index in [1.165, 1.54) is 0 Å². The van der Waals surface area contributed by atoms with Gasteiger partial charge in [0.2, 0.25) is 0 Å². The van der Waals surface area contributed by atoms with Crippen LogP contribution in [0, 0.1) is 6.92 Å². The molecule has 2 amide bonds. The Kier molecular flexibility index (Phi) is 6.10. The van der Waals surface area contributed by atoms with Crippen molar-refractivity contribution in [2.45, 2.75) is 27.0 Å². The molecule has 0 unspecified atom stereocenters. The Morgan fingerprint density at radius 3 is 2.48 bits per heavy atom. The van der Waals surface area contributed by atoms with Crippen molar-refractivity contribution in [1.82, 2.24) is 10.1 Å². The molecule has 0 saturated carbocycles. The summed E-state index contributed by atoms with van der Waals surface area (Å²) in [6.45, 7) is 5.32. The van der Waals surface area contributed by atoms with Crippen molar-refractivity contribution in [3.8, 4) is 5.75 Å². The number of ether oxygens (including phenoxy) is 1. The van der Waals surface area contributed by atoms with E-state index in [9.17, 15) is 4.79 Å². The number of hydrogen-bond donors (Lipinski definition) is 1. The first kappa shape index (κ1) is 18.5. The van der Waals surface area contributed by atoms with Gasteiger partial charge in [-0.25, -0.2) is 4.79 Å². The van der Waals surface area contributed by atoms with E-state index in [2.05, 4.69) is 10.5 Å². The number of rotatable bonds is 7. The Hall–Kier alpha value is -3.28. The summed E-state index contributed by atoms with van der Waals surface area (Å²) in [5, 5.41) is 6.53. The van der Waals surface area contributed by atoms with Crippen LogP contribution in [-0.2, 0) is 13.2 Å². The van der Waals surface area contributed by atoms with E-state index < -0.39 is 0 Å². The van der Waals surface area contributed by atoms with Crippen molar-refractivity contribution in [2.75, 3.05) is 11.9 Å². The minimum atomic E-state index is -0.213. The third-order valence-corrected chi connectivity index (χ3v) is 4.08. The molecule has 6 heteroatoms. The predicted octanol–water partition coefficient (Wildman–Crippen LogP) is 4.62. The molecule has 3 aromatic rings.